The van der Waals surface area contributed by atoms with Gasteiger partial charge in [-0.2, -0.15) is 0 Å². The van der Waals surface area contributed by atoms with E-state index >= 15 is 0 Å². The van der Waals surface area contributed by atoms with Gasteiger partial charge in [0.2, 0.25) is 0 Å². The molecule has 0 heterocycles. The van der Waals surface area contributed by atoms with Crippen LogP contribution in [0.15, 0.2) is 12.3 Å². The van der Waals surface area contributed by atoms with Gasteiger partial charge in [0.15, 0.2) is 0 Å². The maximum Gasteiger partial charge on any atom is 0.0450 e. The molecule has 0 rings (SSSR count). The lowest BCUT2D eigenvalue weighted by Crippen LogP contribution is -2.21. The van der Waals surface area contributed by atoms with Crippen LogP contribution < -0.4 is 5.32 Å². The highest BCUT2D eigenvalue weighted by Gasteiger charge is 1.93. The minimum absolute atomic E-state index is 0.201. The maximum absolute atomic E-state index is 8.48. The van der Waals surface area contributed by atoms with Gasteiger partial charge in [-0.1, -0.05) is 0 Å². The fourth-order valence-electron chi connectivity index (χ4n) is 0.545. The zero-order chi connectivity index (χ0) is 7.82. The van der Waals surface area contributed by atoms with E-state index in [9.17, 15) is 0 Å². The highest BCUT2D eigenvalue weighted by atomic mass is 16.3. The Bertz CT molecular complexity index is 112. The molecule has 3 nitrogen and oxygen atoms in total. The Balaban J connectivity index is 3.28. The third-order valence-electron chi connectivity index (χ3n) is 1.14. The van der Waals surface area contributed by atoms with E-state index in [4.69, 9.17) is 10.5 Å². The molecule has 3 N–H and O–H groups in total. The fraction of sp³-hybridized carbons (Fsp3) is 0.571. The molecule has 0 aromatic heterocycles. The van der Waals surface area contributed by atoms with Crippen LogP contribution in [0.3, 0.4) is 0 Å². The van der Waals surface area contributed by atoms with E-state index in [2.05, 4.69) is 5.32 Å². The molecule has 0 spiro atoms. The number of nitrogens with one attached hydrogen (secondary N) is 2. The second kappa shape index (κ2) is 6.29. The number of aliphatic hydroxyl groups excluding tert-OH is 1. The van der Waals surface area contributed by atoms with E-state index in [1.807, 2.05) is 6.92 Å². The molecule has 0 saturated carbocycles. The quantitative estimate of drug-likeness (QED) is 0.490. The molecule has 1 atom stereocenters. The second-order valence-electron chi connectivity index (χ2n) is 2.11. The number of hydrogen-bond donors (Lipinski definition) is 3. The van der Waals surface area contributed by atoms with Crippen molar-refractivity contribution in [3.63, 3.8) is 0 Å². The number of allylic oxidation sites excluding steroid dienone is 1. The summed E-state index contributed by atoms with van der Waals surface area (Å²) in [6, 6.07) is 0.279. The number of aliphatic hydroxyl groups is 1. The first-order valence-electron chi connectivity index (χ1n) is 3.33. The highest BCUT2D eigenvalue weighted by Crippen LogP contribution is 1.86. The SMILES string of the molecule is C[C@H](CCO)N/C=C/C=N. The molecule has 0 radical (unpaired) electrons. The lowest BCUT2D eigenvalue weighted by Gasteiger charge is -2.07. The molecular weight excluding hydrogens is 128 g/mol. The van der Waals surface area contributed by atoms with Gasteiger partial charge >= 0.3 is 0 Å². The molecular formula is C7H14N2O. The first kappa shape index (κ1) is 9.17. The van der Waals surface area contributed by atoms with Gasteiger partial charge in [-0.3, -0.25) is 0 Å². The summed E-state index contributed by atoms with van der Waals surface area (Å²) in [5.74, 6) is 0. The minimum atomic E-state index is 0.201. The molecule has 0 unspecified atom stereocenters. The first-order valence-corrected chi connectivity index (χ1v) is 3.33. The second-order valence-corrected chi connectivity index (χ2v) is 2.11. The topological polar surface area (TPSA) is 56.1 Å². The molecule has 3 heteroatoms. The average molecular weight is 142 g/mol. The molecule has 58 valence electrons. The Hall–Kier alpha value is -0.830. The van der Waals surface area contributed by atoms with E-state index < -0.39 is 0 Å². The van der Waals surface area contributed by atoms with Crippen molar-refractivity contribution in [2.75, 3.05) is 6.61 Å². The first-order chi connectivity index (χ1) is 4.81. The van der Waals surface area contributed by atoms with E-state index in [0.29, 0.717) is 0 Å². The van der Waals surface area contributed by atoms with Crippen LogP contribution in [0.1, 0.15) is 13.3 Å². The van der Waals surface area contributed by atoms with Crippen molar-refractivity contribution >= 4 is 6.21 Å². The maximum atomic E-state index is 8.48. The normalized spacial score (nSPS) is 13.4. The van der Waals surface area contributed by atoms with E-state index in [-0.39, 0.29) is 12.6 Å². The van der Waals surface area contributed by atoms with Gasteiger partial charge in [0.25, 0.3) is 0 Å². The standard InChI is InChI=1S/C7H14N2O/c1-7(3-6-10)9-5-2-4-8/h2,4-5,7-10H,3,6H2,1H3/b5-2+,8-4?/t7-/m1/s1. The minimum Gasteiger partial charge on any atom is -0.396 e. The third kappa shape index (κ3) is 5.31. The molecule has 0 aliphatic heterocycles. The van der Waals surface area contributed by atoms with Crippen molar-refractivity contribution in [1.82, 2.24) is 5.32 Å². The summed E-state index contributed by atoms with van der Waals surface area (Å²) in [5.41, 5.74) is 0. The monoisotopic (exact) mass is 142 g/mol. The largest absolute Gasteiger partial charge is 0.396 e. The molecule has 0 bridgehead atoms. The molecule has 0 saturated heterocycles. The number of hydrogen-bond acceptors (Lipinski definition) is 3. The van der Waals surface area contributed by atoms with Crippen LogP contribution in [0.5, 0.6) is 0 Å². The van der Waals surface area contributed by atoms with Gasteiger partial charge in [-0.25, -0.2) is 0 Å². The van der Waals surface area contributed by atoms with Gasteiger partial charge < -0.3 is 15.8 Å². The van der Waals surface area contributed by atoms with Gasteiger partial charge in [-0.05, 0) is 25.6 Å². The summed E-state index contributed by atoms with van der Waals surface area (Å²) in [6.07, 6.45) is 5.25. The zero-order valence-corrected chi connectivity index (χ0v) is 6.17. The molecule has 0 aromatic carbocycles. The van der Waals surface area contributed by atoms with E-state index in [1.54, 1.807) is 12.3 Å². The lowest BCUT2D eigenvalue weighted by molar-refractivity contribution is 0.273. The lowest BCUT2D eigenvalue weighted by atomic mass is 10.2. The predicted molar refractivity (Wildman–Crippen MR) is 42.2 cm³/mol. The summed E-state index contributed by atoms with van der Waals surface area (Å²) in [5, 5.41) is 18.1. The van der Waals surface area contributed by atoms with Crippen LogP contribution >= 0.6 is 0 Å². The zero-order valence-electron chi connectivity index (χ0n) is 6.17. The van der Waals surface area contributed by atoms with Crippen LogP contribution in [0, 0.1) is 5.41 Å². The molecule has 0 amide bonds. The van der Waals surface area contributed by atoms with Gasteiger partial charge in [0, 0.05) is 18.9 Å². The average Bonchev–Trinajstić information content (AvgIpc) is 1.89. The Kier molecular flexibility index (Phi) is 5.77. The molecule has 0 aliphatic rings. The smallest absolute Gasteiger partial charge is 0.0450 e. The Morgan fingerprint density at radius 1 is 1.70 bits per heavy atom. The van der Waals surface area contributed by atoms with Crippen molar-refractivity contribution in [3.8, 4) is 0 Å². The van der Waals surface area contributed by atoms with Crippen LogP contribution in [0.25, 0.3) is 0 Å². The van der Waals surface area contributed by atoms with Crippen molar-refractivity contribution < 1.29 is 5.11 Å². The Morgan fingerprint density at radius 2 is 2.40 bits per heavy atom. The van der Waals surface area contributed by atoms with Crippen LogP contribution in [-0.2, 0) is 0 Å². The van der Waals surface area contributed by atoms with Crippen molar-refractivity contribution in [2.24, 2.45) is 0 Å². The van der Waals surface area contributed by atoms with E-state index in [1.165, 1.54) is 6.21 Å². The molecule has 0 aromatic rings. The van der Waals surface area contributed by atoms with E-state index in [0.717, 1.165) is 6.42 Å². The molecule has 0 fully saturated rings. The third-order valence-corrected chi connectivity index (χ3v) is 1.14. The summed E-state index contributed by atoms with van der Waals surface area (Å²) in [7, 11) is 0. The van der Waals surface area contributed by atoms with Crippen LogP contribution in [0.2, 0.25) is 0 Å². The molecule has 0 aliphatic carbocycles. The van der Waals surface area contributed by atoms with Crippen molar-refractivity contribution in [1.29, 1.82) is 5.41 Å². The summed E-state index contributed by atoms with van der Waals surface area (Å²) < 4.78 is 0. The summed E-state index contributed by atoms with van der Waals surface area (Å²) in [4.78, 5) is 0. The Morgan fingerprint density at radius 3 is 2.90 bits per heavy atom. The summed E-state index contributed by atoms with van der Waals surface area (Å²) in [6.45, 7) is 2.18. The van der Waals surface area contributed by atoms with Crippen molar-refractivity contribution in [3.05, 3.63) is 12.3 Å². The van der Waals surface area contributed by atoms with Crippen LogP contribution in [-0.4, -0.2) is 24.0 Å². The van der Waals surface area contributed by atoms with Gasteiger partial charge in [-0.15, -0.1) is 0 Å². The Labute approximate surface area is 61.3 Å². The van der Waals surface area contributed by atoms with Gasteiger partial charge in [0.1, 0.15) is 0 Å². The predicted octanol–water partition coefficient (Wildman–Crippen LogP) is 0.510. The highest BCUT2D eigenvalue weighted by molar-refractivity contribution is 5.67. The van der Waals surface area contributed by atoms with Gasteiger partial charge in [0.05, 0.1) is 0 Å². The van der Waals surface area contributed by atoms with Crippen LogP contribution in [0.4, 0.5) is 0 Å². The summed E-state index contributed by atoms with van der Waals surface area (Å²) >= 11 is 0. The fourth-order valence-corrected chi connectivity index (χ4v) is 0.545. The molecule has 10 heavy (non-hydrogen) atoms. The van der Waals surface area contributed by atoms with Crippen molar-refractivity contribution in [2.45, 2.75) is 19.4 Å². The number of rotatable bonds is 5.